The van der Waals surface area contributed by atoms with Crippen molar-refractivity contribution in [2.75, 3.05) is 7.11 Å². The van der Waals surface area contributed by atoms with Crippen LogP contribution >= 0.6 is 34.2 Å². The third-order valence-electron chi connectivity index (χ3n) is 4.40. The summed E-state index contributed by atoms with van der Waals surface area (Å²) in [5, 5.41) is 0.542. The molecule has 3 nitrogen and oxygen atoms in total. The minimum absolute atomic E-state index is 0.0608. The molecule has 0 saturated heterocycles. The molecule has 1 heterocycles. The average molecular weight is 423 g/mol. The van der Waals surface area contributed by atoms with E-state index in [1.165, 1.54) is 0 Å². The van der Waals surface area contributed by atoms with Gasteiger partial charge in [0.15, 0.2) is 5.82 Å². The summed E-state index contributed by atoms with van der Waals surface area (Å²) in [7, 11) is 1.77. The summed E-state index contributed by atoms with van der Waals surface area (Å²) < 4.78 is 6.83. The fourth-order valence-corrected chi connectivity index (χ4v) is 4.09. The molecular formula is C16H24ClIN2O. The summed E-state index contributed by atoms with van der Waals surface area (Å²) in [5.74, 6) is 1.50. The highest BCUT2D eigenvalue weighted by molar-refractivity contribution is 14.1. The molecule has 0 amide bonds. The average Bonchev–Trinajstić information content (AvgIpc) is 2.42. The zero-order valence-electron chi connectivity index (χ0n) is 13.5. The van der Waals surface area contributed by atoms with Crippen LogP contribution < -0.4 is 0 Å². The maximum absolute atomic E-state index is 6.38. The molecular weight excluding hydrogens is 399 g/mol. The molecule has 118 valence electrons. The molecule has 0 spiro atoms. The van der Waals surface area contributed by atoms with E-state index in [-0.39, 0.29) is 11.0 Å². The summed E-state index contributed by atoms with van der Waals surface area (Å²) in [6, 6.07) is 0. The molecule has 1 aromatic heterocycles. The van der Waals surface area contributed by atoms with Gasteiger partial charge >= 0.3 is 0 Å². The molecule has 0 unspecified atom stereocenters. The van der Waals surface area contributed by atoms with Crippen LogP contribution in [0.4, 0.5) is 0 Å². The van der Waals surface area contributed by atoms with Gasteiger partial charge in [-0.25, -0.2) is 9.97 Å². The van der Waals surface area contributed by atoms with Gasteiger partial charge in [-0.2, -0.15) is 0 Å². The van der Waals surface area contributed by atoms with E-state index < -0.39 is 0 Å². The maximum atomic E-state index is 6.38. The SMILES string of the molecule is COC1(c2nc(Cl)c(I)c(C(C)(C)C)n2)CCC(C)CC1. The van der Waals surface area contributed by atoms with Crippen molar-refractivity contribution in [1.29, 1.82) is 0 Å². The first-order chi connectivity index (χ1) is 9.69. The molecule has 0 aliphatic heterocycles. The first-order valence-corrected chi connectivity index (χ1v) is 8.94. The van der Waals surface area contributed by atoms with Crippen LogP contribution in [-0.4, -0.2) is 17.1 Å². The van der Waals surface area contributed by atoms with Gasteiger partial charge in [0.1, 0.15) is 10.8 Å². The Morgan fingerprint density at radius 3 is 2.29 bits per heavy atom. The molecule has 1 aromatic rings. The van der Waals surface area contributed by atoms with Crippen molar-refractivity contribution in [3.05, 3.63) is 20.2 Å². The molecule has 2 rings (SSSR count). The van der Waals surface area contributed by atoms with E-state index in [2.05, 4.69) is 55.3 Å². The summed E-state index contributed by atoms with van der Waals surface area (Å²) in [6.07, 6.45) is 4.22. The standard InChI is InChI=1S/C16H24ClIN2O/c1-10-6-8-16(21-5,9-7-10)14-19-12(15(2,3)4)11(18)13(17)20-14/h10H,6-9H2,1-5H3. The number of nitrogens with zero attached hydrogens (tertiary/aromatic N) is 2. The van der Waals surface area contributed by atoms with Crippen LogP contribution in [0, 0.1) is 9.49 Å². The van der Waals surface area contributed by atoms with Crippen LogP contribution in [-0.2, 0) is 15.8 Å². The molecule has 1 fully saturated rings. The molecule has 0 N–H and O–H groups in total. The van der Waals surface area contributed by atoms with E-state index in [1.807, 2.05) is 0 Å². The normalized spacial score (nSPS) is 26.9. The third-order valence-corrected chi connectivity index (χ3v) is 6.02. The van der Waals surface area contributed by atoms with Crippen LogP contribution in [0.5, 0.6) is 0 Å². The lowest BCUT2D eigenvalue weighted by Crippen LogP contribution is -2.36. The summed E-state index contributed by atoms with van der Waals surface area (Å²) >= 11 is 8.62. The van der Waals surface area contributed by atoms with Crippen molar-refractivity contribution in [2.45, 2.75) is 64.4 Å². The van der Waals surface area contributed by atoms with Crippen LogP contribution in [0.3, 0.4) is 0 Å². The van der Waals surface area contributed by atoms with Crippen LogP contribution in [0.25, 0.3) is 0 Å². The number of hydrogen-bond donors (Lipinski definition) is 0. The highest BCUT2D eigenvalue weighted by atomic mass is 127. The minimum atomic E-state index is -0.375. The molecule has 21 heavy (non-hydrogen) atoms. The predicted octanol–water partition coefficient (Wildman–Crippen LogP) is 5.08. The topological polar surface area (TPSA) is 35.0 Å². The molecule has 0 aromatic carbocycles. The second kappa shape index (κ2) is 6.28. The van der Waals surface area contributed by atoms with E-state index in [9.17, 15) is 0 Å². The number of ether oxygens (including phenoxy) is 1. The zero-order valence-corrected chi connectivity index (χ0v) is 16.4. The van der Waals surface area contributed by atoms with Crippen LogP contribution in [0.2, 0.25) is 5.15 Å². The maximum Gasteiger partial charge on any atom is 0.162 e. The fraction of sp³-hybridized carbons (Fsp3) is 0.750. The Hall–Kier alpha value is 0.0600. The Kier molecular flexibility index (Phi) is 5.21. The second-order valence-corrected chi connectivity index (χ2v) is 8.57. The third kappa shape index (κ3) is 3.53. The van der Waals surface area contributed by atoms with Gasteiger partial charge in [0.25, 0.3) is 0 Å². The first-order valence-electron chi connectivity index (χ1n) is 7.49. The molecule has 0 atom stereocenters. The number of methoxy groups -OCH3 is 1. The monoisotopic (exact) mass is 422 g/mol. The number of rotatable bonds is 2. The van der Waals surface area contributed by atoms with Crippen molar-refractivity contribution in [2.24, 2.45) is 5.92 Å². The van der Waals surface area contributed by atoms with E-state index in [4.69, 9.17) is 21.3 Å². The van der Waals surface area contributed by atoms with Gasteiger partial charge in [0.05, 0.1) is 9.26 Å². The predicted molar refractivity (Wildman–Crippen MR) is 94.8 cm³/mol. The Morgan fingerprint density at radius 1 is 1.24 bits per heavy atom. The smallest absolute Gasteiger partial charge is 0.162 e. The lowest BCUT2D eigenvalue weighted by molar-refractivity contribution is -0.0600. The highest BCUT2D eigenvalue weighted by Gasteiger charge is 2.40. The lowest BCUT2D eigenvalue weighted by Gasteiger charge is -2.37. The highest BCUT2D eigenvalue weighted by Crippen LogP contribution is 2.42. The van der Waals surface area contributed by atoms with Gasteiger partial charge in [-0.15, -0.1) is 0 Å². The van der Waals surface area contributed by atoms with Crippen molar-refractivity contribution in [1.82, 2.24) is 9.97 Å². The summed E-state index contributed by atoms with van der Waals surface area (Å²) in [4.78, 5) is 9.43. The van der Waals surface area contributed by atoms with Gasteiger partial charge in [-0.3, -0.25) is 0 Å². The molecule has 0 bridgehead atoms. The van der Waals surface area contributed by atoms with E-state index in [0.717, 1.165) is 46.7 Å². The number of aromatic nitrogens is 2. The molecule has 5 heteroatoms. The first kappa shape index (κ1) is 17.4. The van der Waals surface area contributed by atoms with Crippen molar-refractivity contribution in [3.8, 4) is 0 Å². The largest absolute Gasteiger partial charge is 0.370 e. The lowest BCUT2D eigenvalue weighted by atomic mass is 9.78. The Morgan fingerprint density at radius 2 is 1.81 bits per heavy atom. The summed E-state index contributed by atoms with van der Waals surface area (Å²) in [6.45, 7) is 8.75. The molecule has 0 radical (unpaired) electrons. The van der Waals surface area contributed by atoms with E-state index in [0.29, 0.717) is 5.15 Å². The Balaban J connectivity index is 2.50. The Bertz CT molecular complexity index is 520. The van der Waals surface area contributed by atoms with Gasteiger partial charge < -0.3 is 4.74 Å². The van der Waals surface area contributed by atoms with E-state index >= 15 is 0 Å². The number of halogens is 2. The zero-order chi connectivity index (χ0) is 15.8. The van der Waals surface area contributed by atoms with Gasteiger partial charge in [0, 0.05) is 12.5 Å². The van der Waals surface area contributed by atoms with Crippen LogP contribution in [0.15, 0.2) is 0 Å². The van der Waals surface area contributed by atoms with Gasteiger partial charge in [0.2, 0.25) is 0 Å². The second-order valence-electron chi connectivity index (χ2n) is 7.13. The number of hydrogen-bond acceptors (Lipinski definition) is 3. The Labute approximate surface area is 146 Å². The van der Waals surface area contributed by atoms with Gasteiger partial charge in [-0.05, 0) is 54.2 Å². The molecule has 1 aliphatic carbocycles. The molecule has 1 aliphatic rings. The van der Waals surface area contributed by atoms with Crippen molar-refractivity contribution < 1.29 is 4.74 Å². The molecule has 1 saturated carbocycles. The quantitative estimate of drug-likeness (QED) is 0.492. The minimum Gasteiger partial charge on any atom is -0.370 e. The van der Waals surface area contributed by atoms with Crippen molar-refractivity contribution >= 4 is 34.2 Å². The summed E-state index contributed by atoms with van der Waals surface area (Å²) in [5.41, 5.74) is 0.572. The van der Waals surface area contributed by atoms with Gasteiger partial charge in [-0.1, -0.05) is 39.3 Å². The fourth-order valence-electron chi connectivity index (χ4n) is 2.87. The van der Waals surface area contributed by atoms with Crippen LogP contribution in [0.1, 0.15) is 64.9 Å². The van der Waals surface area contributed by atoms with E-state index in [1.54, 1.807) is 7.11 Å². The van der Waals surface area contributed by atoms with Crippen molar-refractivity contribution in [3.63, 3.8) is 0 Å².